The van der Waals surface area contributed by atoms with Gasteiger partial charge in [0, 0.05) is 42.5 Å². The van der Waals surface area contributed by atoms with Gasteiger partial charge in [-0.15, -0.1) is 0 Å². The van der Waals surface area contributed by atoms with Gasteiger partial charge in [0.05, 0.1) is 23.1 Å². The fraction of sp³-hybridized carbons (Fsp3) is 0.333. The van der Waals surface area contributed by atoms with E-state index in [4.69, 9.17) is 10.7 Å². The van der Waals surface area contributed by atoms with Crippen LogP contribution in [0.5, 0.6) is 0 Å². The minimum atomic E-state index is 0.214. The molecule has 7 nitrogen and oxygen atoms in total. The molecular weight excluding hydrogens is 386 g/mol. The quantitative estimate of drug-likeness (QED) is 0.529. The van der Waals surface area contributed by atoms with Crippen molar-refractivity contribution < 1.29 is 0 Å². The molecule has 3 N–H and O–H groups in total. The number of nitrogens with two attached hydrogens (primary N) is 1. The number of hydrogen-bond acceptors (Lipinski definition) is 6. The van der Waals surface area contributed by atoms with Crippen molar-refractivity contribution in [1.29, 1.82) is 0 Å². The van der Waals surface area contributed by atoms with Crippen LogP contribution >= 0.6 is 0 Å². The number of piperidine rings is 1. The van der Waals surface area contributed by atoms with Gasteiger partial charge >= 0.3 is 0 Å². The molecule has 1 saturated heterocycles. The van der Waals surface area contributed by atoms with E-state index in [9.17, 15) is 0 Å². The number of anilines is 1. The van der Waals surface area contributed by atoms with Gasteiger partial charge in [-0.3, -0.25) is 15.1 Å². The van der Waals surface area contributed by atoms with E-state index in [-0.39, 0.29) is 6.04 Å². The van der Waals surface area contributed by atoms with Crippen molar-refractivity contribution >= 4 is 16.7 Å². The molecule has 4 aromatic rings. The molecule has 5 heterocycles. The third-order valence-electron chi connectivity index (χ3n) is 6.33. The lowest BCUT2D eigenvalue weighted by atomic mass is 10.0. The predicted molar refractivity (Wildman–Crippen MR) is 122 cm³/mol. The molecule has 6 rings (SSSR count). The molecule has 1 aliphatic heterocycles. The molecule has 0 aromatic carbocycles. The number of pyridine rings is 3. The fourth-order valence-electron chi connectivity index (χ4n) is 4.54. The number of nitrogens with one attached hydrogen (secondary N) is 1. The molecule has 1 atom stereocenters. The Balaban J connectivity index is 1.44. The Morgan fingerprint density at radius 2 is 2.00 bits per heavy atom. The van der Waals surface area contributed by atoms with E-state index in [1.165, 1.54) is 18.4 Å². The molecule has 31 heavy (non-hydrogen) atoms. The van der Waals surface area contributed by atoms with Gasteiger partial charge in [-0.25, -0.2) is 4.98 Å². The molecule has 0 spiro atoms. The zero-order valence-corrected chi connectivity index (χ0v) is 17.3. The number of H-pyrrole nitrogens is 1. The van der Waals surface area contributed by atoms with Gasteiger partial charge in [0.1, 0.15) is 11.5 Å². The van der Waals surface area contributed by atoms with Crippen molar-refractivity contribution in [2.24, 2.45) is 5.73 Å². The lowest BCUT2D eigenvalue weighted by Crippen LogP contribution is -2.43. The van der Waals surface area contributed by atoms with Gasteiger partial charge in [0.15, 0.2) is 0 Å². The molecule has 2 aliphatic rings. The third kappa shape index (κ3) is 3.45. The highest BCUT2D eigenvalue weighted by atomic mass is 15.2. The summed E-state index contributed by atoms with van der Waals surface area (Å²) in [6.45, 7) is 1.88. The Morgan fingerprint density at radius 3 is 2.81 bits per heavy atom. The van der Waals surface area contributed by atoms with Gasteiger partial charge in [0.2, 0.25) is 0 Å². The second-order valence-electron chi connectivity index (χ2n) is 8.66. The zero-order valence-electron chi connectivity index (χ0n) is 17.3. The molecule has 4 aromatic heterocycles. The van der Waals surface area contributed by atoms with Gasteiger partial charge in [-0.05, 0) is 61.4 Å². The Morgan fingerprint density at radius 1 is 1.06 bits per heavy atom. The number of aromatic nitrogens is 5. The summed E-state index contributed by atoms with van der Waals surface area (Å²) in [4.78, 5) is 16.3. The lowest BCUT2D eigenvalue weighted by Gasteiger charge is -2.33. The SMILES string of the molecule is NC1CCCN(c2nc(-c3n[nH]c4cnc(-c5cccnc5)cc34)ccc2C2CC2)C1. The maximum atomic E-state index is 6.28. The number of nitrogens with zero attached hydrogens (tertiary/aromatic N) is 5. The Labute approximate surface area is 180 Å². The van der Waals surface area contributed by atoms with E-state index in [0.717, 1.165) is 65.3 Å². The molecule has 0 radical (unpaired) electrons. The number of aromatic amines is 1. The number of fused-ring (bicyclic) bond motifs is 1. The molecule has 0 amide bonds. The molecule has 2 fully saturated rings. The first-order valence-corrected chi connectivity index (χ1v) is 11.0. The molecular formula is C24H25N7. The average molecular weight is 412 g/mol. The number of hydrogen-bond donors (Lipinski definition) is 2. The second-order valence-corrected chi connectivity index (χ2v) is 8.66. The average Bonchev–Trinajstić information content (AvgIpc) is 3.58. The minimum absolute atomic E-state index is 0.214. The van der Waals surface area contributed by atoms with Crippen molar-refractivity contribution in [3.05, 3.63) is 54.5 Å². The lowest BCUT2D eigenvalue weighted by molar-refractivity contribution is 0.502. The normalized spacial score (nSPS) is 19.1. The van der Waals surface area contributed by atoms with E-state index in [1.54, 1.807) is 6.20 Å². The topological polar surface area (TPSA) is 96.6 Å². The fourth-order valence-corrected chi connectivity index (χ4v) is 4.54. The molecule has 0 bridgehead atoms. The highest BCUT2D eigenvalue weighted by Gasteiger charge is 2.30. The highest BCUT2D eigenvalue weighted by Crippen LogP contribution is 2.45. The van der Waals surface area contributed by atoms with Crippen LogP contribution in [0, 0.1) is 0 Å². The Bertz CT molecular complexity index is 1230. The maximum absolute atomic E-state index is 6.28. The van der Waals surface area contributed by atoms with Gasteiger partial charge < -0.3 is 10.6 Å². The summed E-state index contributed by atoms with van der Waals surface area (Å²) < 4.78 is 0. The summed E-state index contributed by atoms with van der Waals surface area (Å²) in [7, 11) is 0. The van der Waals surface area contributed by atoms with Crippen LogP contribution in [0.2, 0.25) is 0 Å². The van der Waals surface area contributed by atoms with Crippen LogP contribution in [0.15, 0.2) is 48.9 Å². The van der Waals surface area contributed by atoms with Crippen molar-refractivity contribution in [2.45, 2.75) is 37.6 Å². The third-order valence-corrected chi connectivity index (χ3v) is 6.33. The summed E-state index contributed by atoms with van der Waals surface area (Å²) in [5.74, 6) is 1.72. The van der Waals surface area contributed by atoms with Crippen LogP contribution in [0.3, 0.4) is 0 Å². The second kappa shape index (κ2) is 7.42. The number of rotatable bonds is 4. The van der Waals surface area contributed by atoms with Crippen molar-refractivity contribution in [3.63, 3.8) is 0 Å². The molecule has 7 heteroatoms. The van der Waals surface area contributed by atoms with Crippen LogP contribution in [-0.4, -0.2) is 44.3 Å². The maximum Gasteiger partial charge on any atom is 0.132 e. The van der Waals surface area contributed by atoms with Crippen LogP contribution < -0.4 is 10.6 Å². The molecule has 156 valence electrons. The van der Waals surface area contributed by atoms with Crippen LogP contribution in [0.4, 0.5) is 5.82 Å². The molecule has 1 saturated carbocycles. The van der Waals surface area contributed by atoms with Crippen molar-refractivity contribution in [3.8, 4) is 22.6 Å². The smallest absolute Gasteiger partial charge is 0.132 e. The van der Waals surface area contributed by atoms with E-state index in [1.807, 2.05) is 24.5 Å². The van der Waals surface area contributed by atoms with Gasteiger partial charge in [-0.2, -0.15) is 5.10 Å². The summed E-state index contributed by atoms with van der Waals surface area (Å²) in [6, 6.07) is 10.6. The van der Waals surface area contributed by atoms with Gasteiger partial charge in [-0.1, -0.05) is 6.07 Å². The van der Waals surface area contributed by atoms with E-state index in [2.05, 4.69) is 43.3 Å². The van der Waals surface area contributed by atoms with E-state index >= 15 is 0 Å². The largest absolute Gasteiger partial charge is 0.355 e. The van der Waals surface area contributed by atoms with Gasteiger partial charge in [0.25, 0.3) is 0 Å². The van der Waals surface area contributed by atoms with E-state index in [0.29, 0.717) is 5.92 Å². The molecule has 1 aliphatic carbocycles. The minimum Gasteiger partial charge on any atom is -0.355 e. The summed E-state index contributed by atoms with van der Waals surface area (Å²) in [5, 5.41) is 8.74. The Kier molecular flexibility index (Phi) is 4.42. The van der Waals surface area contributed by atoms with E-state index < -0.39 is 0 Å². The first-order valence-electron chi connectivity index (χ1n) is 11.0. The van der Waals surface area contributed by atoms with Crippen LogP contribution in [0.25, 0.3) is 33.5 Å². The van der Waals surface area contributed by atoms with Crippen molar-refractivity contribution in [1.82, 2.24) is 25.1 Å². The standard InChI is InChI=1S/C24H25N7/c25-17-4-2-10-31(14-17)24-18(15-5-6-15)7-8-20(28-24)23-19-11-21(16-3-1-9-26-12-16)27-13-22(19)29-30-23/h1,3,7-9,11-13,15,17H,2,4-6,10,14,25H2,(H,29,30). The summed E-state index contributed by atoms with van der Waals surface area (Å²) >= 11 is 0. The highest BCUT2D eigenvalue weighted by molar-refractivity contribution is 5.93. The summed E-state index contributed by atoms with van der Waals surface area (Å²) in [5.41, 5.74) is 12.1. The Hall–Kier alpha value is -3.32. The van der Waals surface area contributed by atoms with Crippen LogP contribution in [0.1, 0.15) is 37.2 Å². The van der Waals surface area contributed by atoms with Crippen LogP contribution in [-0.2, 0) is 0 Å². The monoisotopic (exact) mass is 411 g/mol. The summed E-state index contributed by atoms with van der Waals surface area (Å²) in [6.07, 6.45) is 10.1. The predicted octanol–water partition coefficient (Wildman–Crippen LogP) is 3.89. The first kappa shape index (κ1) is 18.4. The zero-order chi connectivity index (χ0) is 20.8. The first-order chi connectivity index (χ1) is 15.3. The molecule has 1 unspecified atom stereocenters. The van der Waals surface area contributed by atoms with Crippen molar-refractivity contribution in [2.75, 3.05) is 18.0 Å².